The van der Waals surface area contributed by atoms with E-state index >= 15 is 8.78 Å². The lowest BCUT2D eigenvalue weighted by Gasteiger charge is -2.35. The molecule has 2 aliphatic heterocycles. The number of hydrogen-bond donors (Lipinski definition) is 3. The normalized spacial score (nSPS) is 15.5. The molecule has 0 aliphatic carbocycles. The zero-order valence-corrected chi connectivity index (χ0v) is 24.5. The number of aryl methyl sites for hydroxylation is 1. The van der Waals surface area contributed by atoms with Gasteiger partial charge in [-0.15, -0.1) is 0 Å². The van der Waals surface area contributed by atoms with Crippen molar-refractivity contribution in [3.8, 4) is 11.3 Å². The number of benzene rings is 2. The molecular weight excluding hydrogens is 558 g/mol. The quantitative estimate of drug-likeness (QED) is 0.306. The van der Waals surface area contributed by atoms with Gasteiger partial charge < -0.3 is 25.4 Å². The fourth-order valence-electron chi connectivity index (χ4n) is 5.18. The molecule has 3 heterocycles. The first-order valence-corrected chi connectivity index (χ1v) is 14.0. The van der Waals surface area contributed by atoms with Crippen LogP contribution in [0.4, 0.5) is 35.8 Å². The maximum absolute atomic E-state index is 15.0. The summed E-state index contributed by atoms with van der Waals surface area (Å²) >= 11 is 0. The number of halogens is 2. The van der Waals surface area contributed by atoms with Crippen molar-refractivity contribution >= 4 is 35.3 Å². The number of carbonyl (C=O) groups is 2. The van der Waals surface area contributed by atoms with Crippen LogP contribution < -0.4 is 20.4 Å². The van der Waals surface area contributed by atoms with Crippen LogP contribution in [0.3, 0.4) is 0 Å². The lowest BCUT2D eigenvalue weighted by atomic mass is 9.97. The Hall–Kier alpha value is -4.74. The maximum atomic E-state index is 15.0. The standard InChI is InChI=1S/C31H34F2N6O4/c1-17-9-10-19(18(2)40)15-21(17)25-22-16-34-29(41)39(26-23(32)7-6-8-24(26)33)27(22)37-28(36-25)38-13-11-20(12-14-38)35-30(42)43-31(3,4)5/h6-10,15,20,40H,2,11-14,16H2,1,3-5H3,(H,34,41)(H,35,42). The number of para-hydroxylation sites is 1. The summed E-state index contributed by atoms with van der Waals surface area (Å²) in [4.78, 5) is 37.9. The summed E-state index contributed by atoms with van der Waals surface area (Å²) in [5.41, 5.74) is 1.65. The Kier molecular flexibility index (Phi) is 7.96. The summed E-state index contributed by atoms with van der Waals surface area (Å²) in [7, 11) is 0. The summed E-state index contributed by atoms with van der Waals surface area (Å²) in [5.74, 6) is -1.67. The van der Waals surface area contributed by atoms with Crippen LogP contribution in [0, 0.1) is 18.6 Å². The van der Waals surface area contributed by atoms with Crippen LogP contribution in [0.15, 0.2) is 43.0 Å². The Bertz CT molecular complexity index is 1580. The van der Waals surface area contributed by atoms with Gasteiger partial charge in [0.2, 0.25) is 5.95 Å². The van der Waals surface area contributed by atoms with E-state index in [2.05, 4.69) is 17.2 Å². The van der Waals surface area contributed by atoms with Gasteiger partial charge in [-0.05, 0) is 64.3 Å². The molecule has 1 saturated heterocycles. The third-order valence-electron chi connectivity index (χ3n) is 7.29. The summed E-state index contributed by atoms with van der Waals surface area (Å²) < 4.78 is 35.5. The first kappa shape index (κ1) is 29.7. The minimum absolute atomic E-state index is 0.0158. The number of carbonyl (C=O) groups excluding carboxylic acids is 2. The second kappa shape index (κ2) is 11.5. The lowest BCUT2D eigenvalue weighted by Crippen LogP contribution is -2.47. The molecule has 0 bridgehead atoms. The van der Waals surface area contributed by atoms with E-state index in [1.807, 2.05) is 17.9 Å². The number of aliphatic hydroxyl groups excluding tert-OH is 1. The highest BCUT2D eigenvalue weighted by atomic mass is 19.1. The molecule has 2 aromatic carbocycles. The number of nitrogens with zero attached hydrogens (tertiary/aromatic N) is 4. The number of fused-ring (bicyclic) bond motifs is 1. The zero-order valence-electron chi connectivity index (χ0n) is 24.5. The number of aliphatic hydroxyl groups is 1. The second-order valence-corrected chi connectivity index (χ2v) is 11.6. The molecular formula is C31H34F2N6O4. The van der Waals surface area contributed by atoms with Crippen molar-refractivity contribution < 1.29 is 28.2 Å². The molecule has 1 fully saturated rings. The van der Waals surface area contributed by atoms with Crippen LogP contribution >= 0.6 is 0 Å². The van der Waals surface area contributed by atoms with Gasteiger partial charge in [-0.1, -0.05) is 24.8 Å². The SMILES string of the molecule is C=C(O)c1ccc(C)c(-c2nc(N3CCC(NC(=O)OC(C)(C)C)CC3)nc3c2CNC(=O)N3c2c(F)cccc2F)c1. The molecule has 3 amide bonds. The molecule has 12 heteroatoms. The van der Waals surface area contributed by atoms with Gasteiger partial charge in [0.1, 0.15) is 28.7 Å². The fraction of sp³-hybridized carbons (Fsp3) is 0.355. The number of hydrogen-bond acceptors (Lipinski definition) is 7. The maximum Gasteiger partial charge on any atom is 0.407 e. The van der Waals surface area contributed by atoms with Gasteiger partial charge in [-0.25, -0.2) is 28.3 Å². The van der Waals surface area contributed by atoms with Crippen LogP contribution in [0.5, 0.6) is 0 Å². The van der Waals surface area contributed by atoms with E-state index < -0.39 is 35.0 Å². The van der Waals surface area contributed by atoms with E-state index in [-0.39, 0.29) is 30.1 Å². The largest absolute Gasteiger partial charge is 0.508 e. The minimum atomic E-state index is -0.923. The van der Waals surface area contributed by atoms with Gasteiger partial charge in [-0.3, -0.25) is 0 Å². The van der Waals surface area contributed by atoms with E-state index in [1.165, 1.54) is 6.07 Å². The average Bonchev–Trinajstić information content (AvgIpc) is 2.93. The monoisotopic (exact) mass is 592 g/mol. The molecule has 226 valence electrons. The number of piperidine rings is 1. The highest BCUT2D eigenvalue weighted by Gasteiger charge is 2.35. The molecule has 3 N–H and O–H groups in total. The van der Waals surface area contributed by atoms with Gasteiger partial charge in [0.25, 0.3) is 0 Å². The van der Waals surface area contributed by atoms with Gasteiger partial charge in [-0.2, -0.15) is 4.98 Å². The van der Waals surface area contributed by atoms with Crippen molar-refractivity contribution in [1.82, 2.24) is 20.6 Å². The van der Waals surface area contributed by atoms with Crippen LogP contribution in [0.2, 0.25) is 0 Å². The number of ether oxygens (including phenoxy) is 1. The molecule has 0 saturated carbocycles. The van der Waals surface area contributed by atoms with Gasteiger partial charge in [0.05, 0.1) is 12.2 Å². The molecule has 0 atom stereocenters. The molecule has 0 unspecified atom stereocenters. The minimum Gasteiger partial charge on any atom is -0.508 e. The Balaban J connectivity index is 1.58. The molecule has 0 radical (unpaired) electrons. The van der Waals surface area contributed by atoms with Crippen molar-refractivity contribution in [2.24, 2.45) is 0 Å². The number of urea groups is 1. The third-order valence-corrected chi connectivity index (χ3v) is 7.29. The summed E-state index contributed by atoms with van der Waals surface area (Å²) in [6, 6.07) is 7.77. The van der Waals surface area contributed by atoms with Crippen LogP contribution in [-0.2, 0) is 11.3 Å². The molecule has 2 aliphatic rings. The van der Waals surface area contributed by atoms with Crippen molar-refractivity contribution in [1.29, 1.82) is 0 Å². The highest BCUT2D eigenvalue weighted by molar-refractivity contribution is 6.02. The number of alkyl carbamates (subject to hydrolysis) is 1. The van der Waals surface area contributed by atoms with Gasteiger partial charge in [0.15, 0.2) is 5.82 Å². The van der Waals surface area contributed by atoms with Crippen LogP contribution in [-0.4, -0.2) is 51.9 Å². The lowest BCUT2D eigenvalue weighted by molar-refractivity contribution is 0.0497. The molecule has 1 aromatic heterocycles. The van der Waals surface area contributed by atoms with Crippen LogP contribution in [0.25, 0.3) is 17.0 Å². The number of aromatic nitrogens is 2. The van der Waals surface area contributed by atoms with Crippen molar-refractivity contribution in [3.63, 3.8) is 0 Å². The number of nitrogens with one attached hydrogen (secondary N) is 2. The average molecular weight is 593 g/mol. The predicted octanol–water partition coefficient (Wildman–Crippen LogP) is 6.11. The van der Waals surface area contributed by atoms with E-state index in [0.29, 0.717) is 48.3 Å². The molecule has 43 heavy (non-hydrogen) atoms. The molecule has 3 aromatic rings. The van der Waals surface area contributed by atoms with Gasteiger partial charge in [0, 0.05) is 35.8 Å². The highest BCUT2D eigenvalue weighted by Crippen LogP contribution is 2.40. The van der Waals surface area contributed by atoms with Crippen molar-refractivity contribution in [3.05, 3.63) is 71.3 Å². The summed E-state index contributed by atoms with van der Waals surface area (Å²) in [5, 5.41) is 15.7. The molecule has 5 rings (SSSR count). The van der Waals surface area contributed by atoms with Crippen molar-refractivity contribution in [2.75, 3.05) is 22.9 Å². The first-order valence-electron chi connectivity index (χ1n) is 14.0. The Labute approximate surface area is 248 Å². The van der Waals surface area contributed by atoms with E-state index in [0.717, 1.165) is 22.6 Å². The Morgan fingerprint density at radius 1 is 1.14 bits per heavy atom. The fourth-order valence-corrected chi connectivity index (χ4v) is 5.18. The zero-order chi connectivity index (χ0) is 31.1. The molecule has 0 spiro atoms. The van der Waals surface area contributed by atoms with E-state index in [9.17, 15) is 14.7 Å². The van der Waals surface area contributed by atoms with Gasteiger partial charge >= 0.3 is 12.1 Å². The topological polar surface area (TPSA) is 120 Å². The first-order chi connectivity index (χ1) is 20.3. The second-order valence-electron chi connectivity index (χ2n) is 11.6. The number of amides is 3. The summed E-state index contributed by atoms with van der Waals surface area (Å²) in [6.45, 7) is 11.8. The van der Waals surface area contributed by atoms with E-state index in [4.69, 9.17) is 14.7 Å². The third kappa shape index (κ3) is 6.23. The number of anilines is 3. The number of rotatable bonds is 5. The predicted molar refractivity (Wildman–Crippen MR) is 159 cm³/mol. The summed E-state index contributed by atoms with van der Waals surface area (Å²) in [6.07, 6.45) is 0.646. The van der Waals surface area contributed by atoms with Crippen LogP contribution in [0.1, 0.15) is 50.3 Å². The Morgan fingerprint density at radius 2 is 1.81 bits per heavy atom. The van der Waals surface area contributed by atoms with Crippen molar-refractivity contribution in [2.45, 2.75) is 58.7 Å². The van der Waals surface area contributed by atoms with E-state index in [1.54, 1.807) is 32.9 Å². The molecule has 10 nitrogen and oxygen atoms in total. The Morgan fingerprint density at radius 3 is 2.44 bits per heavy atom. The smallest absolute Gasteiger partial charge is 0.407 e.